The van der Waals surface area contributed by atoms with Crippen LogP contribution in [0, 0.1) is 12.8 Å². The molecular formula is C13H17N3O. The van der Waals surface area contributed by atoms with Crippen LogP contribution in [0.3, 0.4) is 0 Å². The monoisotopic (exact) mass is 231 g/mol. The lowest BCUT2D eigenvalue weighted by atomic mass is 10.1. The average molecular weight is 231 g/mol. The van der Waals surface area contributed by atoms with Crippen LogP contribution >= 0.6 is 0 Å². The zero-order chi connectivity index (χ0) is 12.4. The van der Waals surface area contributed by atoms with Crippen LogP contribution in [0.25, 0.3) is 5.65 Å². The number of hydrogen-bond acceptors (Lipinski definition) is 2. The van der Waals surface area contributed by atoms with Crippen LogP contribution in [-0.4, -0.2) is 15.3 Å². The number of aromatic nitrogens is 2. The molecule has 0 saturated heterocycles. The summed E-state index contributed by atoms with van der Waals surface area (Å²) >= 11 is 0. The normalized spacial score (nSPS) is 11.1. The van der Waals surface area contributed by atoms with Crippen molar-refractivity contribution >= 4 is 17.2 Å². The maximum absolute atomic E-state index is 11.6. The van der Waals surface area contributed by atoms with Gasteiger partial charge in [-0.25, -0.2) is 4.98 Å². The molecule has 0 fully saturated rings. The third-order valence-corrected chi connectivity index (χ3v) is 2.45. The number of amides is 1. The molecule has 0 saturated carbocycles. The number of nitrogens with one attached hydrogen (secondary N) is 1. The highest BCUT2D eigenvalue weighted by Crippen LogP contribution is 2.12. The van der Waals surface area contributed by atoms with Crippen molar-refractivity contribution in [3.8, 4) is 0 Å². The van der Waals surface area contributed by atoms with Gasteiger partial charge in [0.25, 0.3) is 0 Å². The van der Waals surface area contributed by atoms with Crippen LogP contribution in [0.2, 0.25) is 0 Å². The Kier molecular flexibility index (Phi) is 3.13. The lowest BCUT2D eigenvalue weighted by molar-refractivity contribution is -0.116. The molecular weight excluding hydrogens is 214 g/mol. The summed E-state index contributed by atoms with van der Waals surface area (Å²) in [7, 11) is 0. The summed E-state index contributed by atoms with van der Waals surface area (Å²) in [6.45, 7) is 6.01. The van der Waals surface area contributed by atoms with E-state index in [2.05, 4.69) is 10.3 Å². The van der Waals surface area contributed by atoms with Gasteiger partial charge in [-0.15, -0.1) is 0 Å². The number of carbonyl (C=O) groups is 1. The van der Waals surface area contributed by atoms with Crippen molar-refractivity contribution in [1.82, 2.24) is 9.38 Å². The first-order valence-electron chi connectivity index (χ1n) is 5.80. The molecule has 17 heavy (non-hydrogen) atoms. The minimum Gasteiger partial charge on any atom is -0.325 e. The number of aryl methyl sites for hydroxylation is 1. The number of fused-ring (bicyclic) bond motifs is 1. The molecule has 0 aromatic carbocycles. The largest absolute Gasteiger partial charge is 0.325 e. The standard InChI is InChI=1S/C13H17N3O/c1-9(2)6-13(17)15-11-4-5-12-14-10(3)7-16(12)8-11/h4-5,7-9H,6H2,1-3H3,(H,15,17). The highest BCUT2D eigenvalue weighted by atomic mass is 16.1. The van der Waals surface area contributed by atoms with E-state index in [1.807, 2.05) is 49.7 Å². The fourth-order valence-electron chi connectivity index (χ4n) is 1.78. The molecule has 0 spiro atoms. The smallest absolute Gasteiger partial charge is 0.224 e. The molecule has 0 bridgehead atoms. The maximum atomic E-state index is 11.6. The third kappa shape index (κ3) is 2.84. The van der Waals surface area contributed by atoms with Crippen LogP contribution in [0.4, 0.5) is 5.69 Å². The highest BCUT2D eigenvalue weighted by Gasteiger charge is 2.06. The van der Waals surface area contributed by atoms with Crippen LogP contribution in [-0.2, 0) is 4.79 Å². The predicted octanol–water partition coefficient (Wildman–Crippen LogP) is 2.63. The number of anilines is 1. The molecule has 0 radical (unpaired) electrons. The molecule has 2 rings (SSSR count). The minimum atomic E-state index is 0.0520. The van der Waals surface area contributed by atoms with Gasteiger partial charge in [0, 0.05) is 18.8 Å². The van der Waals surface area contributed by atoms with E-state index in [-0.39, 0.29) is 5.91 Å². The minimum absolute atomic E-state index is 0.0520. The van der Waals surface area contributed by atoms with Gasteiger partial charge in [0.15, 0.2) is 0 Å². The Morgan fingerprint density at radius 3 is 2.88 bits per heavy atom. The van der Waals surface area contributed by atoms with Crippen molar-refractivity contribution in [3.63, 3.8) is 0 Å². The lowest BCUT2D eigenvalue weighted by Gasteiger charge is -2.07. The van der Waals surface area contributed by atoms with Crippen molar-refractivity contribution in [2.75, 3.05) is 5.32 Å². The van der Waals surface area contributed by atoms with Gasteiger partial charge in [-0.2, -0.15) is 0 Å². The molecule has 0 aliphatic carbocycles. The van der Waals surface area contributed by atoms with Crippen molar-refractivity contribution in [3.05, 3.63) is 30.2 Å². The van der Waals surface area contributed by atoms with Crippen molar-refractivity contribution in [2.24, 2.45) is 5.92 Å². The zero-order valence-corrected chi connectivity index (χ0v) is 10.4. The van der Waals surface area contributed by atoms with E-state index in [1.165, 1.54) is 0 Å². The summed E-state index contributed by atoms with van der Waals surface area (Å²) in [5, 5.41) is 2.89. The van der Waals surface area contributed by atoms with Crippen LogP contribution < -0.4 is 5.32 Å². The molecule has 0 aliphatic rings. The van der Waals surface area contributed by atoms with Crippen LogP contribution in [0.1, 0.15) is 26.0 Å². The molecule has 2 aromatic heterocycles. The number of rotatable bonds is 3. The second kappa shape index (κ2) is 4.57. The SMILES string of the molecule is Cc1cn2cc(NC(=O)CC(C)C)ccc2n1. The van der Waals surface area contributed by atoms with Crippen molar-refractivity contribution in [2.45, 2.75) is 27.2 Å². The Hall–Kier alpha value is -1.84. The summed E-state index contributed by atoms with van der Waals surface area (Å²) in [6, 6.07) is 3.78. The highest BCUT2D eigenvalue weighted by molar-refractivity contribution is 5.90. The maximum Gasteiger partial charge on any atom is 0.224 e. The molecule has 0 unspecified atom stereocenters. The molecule has 1 amide bonds. The Balaban J connectivity index is 2.16. The van der Waals surface area contributed by atoms with E-state index in [0.29, 0.717) is 12.3 Å². The summed E-state index contributed by atoms with van der Waals surface area (Å²) in [5.74, 6) is 0.422. The topological polar surface area (TPSA) is 46.4 Å². The fraction of sp³-hybridized carbons (Fsp3) is 0.385. The molecule has 0 atom stereocenters. The first-order chi connectivity index (χ1) is 8.04. The second-order valence-electron chi connectivity index (χ2n) is 4.71. The van der Waals surface area contributed by atoms with E-state index in [9.17, 15) is 4.79 Å². The van der Waals surface area contributed by atoms with E-state index in [0.717, 1.165) is 17.0 Å². The molecule has 4 nitrogen and oxygen atoms in total. The Morgan fingerprint density at radius 2 is 2.18 bits per heavy atom. The molecule has 1 N–H and O–H groups in total. The number of carbonyl (C=O) groups excluding carboxylic acids is 1. The summed E-state index contributed by atoms with van der Waals surface area (Å²) in [5.41, 5.74) is 2.67. The Labute approximate surface area is 101 Å². The van der Waals surface area contributed by atoms with Gasteiger partial charge in [0.1, 0.15) is 5.65 Å². The van der Waals surface area contributed by atoms with Gasteiger partial charge in [0.2, 0.25) is 5.91 Å². The van der Waals surface area contributed by atoms with E-state index in [1.54, 1.807) is 0 Å². The lowest BCUT2D eigenvalue weighted by Crippen LogP contribution is -2.14. The zero-order valence-electron chi connectivity index (χ0n) is 10.4. The summed E-state index contributed by atoms with van der Waals surface area (Å²) < 4.78 is 1.92. The van der Waals surface area contributed by atoms with E-state index < -0.39 is 0 Å². The average Bonchev–Trinajstić information content (AvgIpc) is 2.55. The van der Waals surface area contributed by atoms with Gasteiger partial charge in [-0.1, -0.05) is 13.8 Å². The number of hydrogen-bond donors (Lipinski definition) is 1. The quantitative estimate of drug-likeness (QED) is 0.882. The molecule has 90 valence electrons. The van der Waals surface area contributed by atoms with Crippen molar-refractivity contribution in [1.29, 1.82) is 0 Å². The first-order valence-corrected chi connectivity index (χ1v) is 5.80. The van der Waals surface area contributed by atoms with Crippen LogP contribution in [0.5, 0.6) is 0 Å². The fourth-order valence-corrected chi connectivity index (χ4v) is 1.78. The number of pyridine rings is 1. The summed E-state index contributed by atoms with van der Waals surface area (Å²) in [6.07, 6.45) is 4.36. The number of nitrogens with zero attached hydrogens (tertiary/aromatic N) is 2. The molecule has 4 heteroatoms. The van der Waals surface area contributed by atoms with Crippen LogP contribution in [0.15, 0.2) is 24.5 Å². The van der Waals surface area contributed by atoms with Crippen molar-refractivity contribution < 1.29 is 4.79 Å². The van der Waals surface area contributed by atoms with E-state index in [4.69, 9.17) is 0 Å². The van der Waals surface area contributed by atoms with E-state index >= 15 is 0 Å². The summed E-state index contributed by atoms with van der Waals surface area (Å²) in [4.78, 5) is 16.0. The molecule has 2 heterocycles. The Morgan fingerprint density at radius 1 is 1.41 bits per heavy atom. The third-order valence-electron chi connectivity index (χ3n) is 2.45. The van der Waals surface area contributed by atoms with Gasteiger partial charge < -0.3 is 9.72 Å². The van der Waals surface area contributed by atoms with Gasteiger partial charge >= 0.3 is 0 Å². The molecule has 2 aromatic rings. The van der Waals surface area contributed by atoms with Gasteiger partial charge in [0.05, 0.1) is 11.4 Å². The second-order valence-corrected chi connectivity index (χ2v) is 4.71. The van der Waals surface area contributed by atoms with Gasteiger partial charge in [-0.05, 0) is 25.0 Å². The predicted molar refractivity (Wildman–Crippen MR) is 68.0 cm³/mol. The van der Waals surface area contributed by atoms with Gasteiger partial charge in [-0.3, -0.25) is 4.79 Å². The Bertz CT molecular complexity index is 543. The first kappa shape index (κ1) is 11.6. The molecule has 0 aliphatic heterocycles. The number of imidazole rings is 1.